The second kappa shape index (κ2) is 5.86. The third kappa shape index (κ3) is 4.06. The highest BCUT2D eigenvalue weighted by atomic mass is 16.3. The lowest BCUT2D eigenvalue weighted by Gasteiger charge is -2.40. The van der Waals surface area contributed by atoms with Crippen LogP contribution in [0.1, 0.15) is 65.1 Å². The predicted molar refractivity (Wildman–Crippen MR) is 81.5 cm³/mol. The second-order valence-corrected chi connectivity index (χ2v) is 7.37. The molecule has 0 aliphatic heterocycles. The Balaban J connectivity index is 1.77. The lowest BCUT2D eigenvalue weighted by Crippen LogP contribution is -2.44. The van der Waals surface area contributed by atoms with Crippen LogP contribution in [0.15, 0.2) is 12.3 Å². The van der Waals surface area contributed by atoms with Crippen LogP contribution in [-0.2, 0) is 6.54 Å². The Hall–Kier alpha value is -0.870. The fraction of sp³-hybridized carbons (Fsp3) is 0.812. The average Bonchev–Trinajstić information content (AvgIpc) is 2.83. The van der Waals surface area contributed by atoms with Crippen molar-refractivity contribution in [1.29, 1.82) is 0 Å². The van der Waals surface area contributed by atoms with Gasteiger partial charge in [0.05, 0.1) is 11.3 Å². The Morgan fingerprint density at radius 2 is 1.95 bits per heavy atom. The van der Waals surface area contributed by atoms with Gasteiger partial charge in [0.25, 0.3) is 0 Å². The zero-order valence-corrected chi connectivity index (χ0v) is 13.3. The minimum Gasteiger partial charge on any atom is -0.389 e. The first-order valence-corrected chi connectivity index (χ1v) is 7.77. The summed E-state index contributed by atoms with van der Waals surface area (Å²) in [5.41, 5.74) is 0.900. The molecule has 0 amide bonds. The zero-order chi connectivity index (χ0) is 14.8. The summed E-state index contributed by atoms with van der Waals surface area (Å²) < 4.78 is 1.97. The quantitative estimate of drug-likeness (QED) is 0.871. The molecule has 0 saturated heterocycles. The molecular weight excluding hydrogens is 250 g/mol. The lowest BCUT2D eigenvalue weighted by atomic mass is 9.71. The summed E-state index contributed by atoms with van der Waals surface area (Å²) in [5.74, 6) is 0. The van der Waals surface area contributed by atoms with Gasteiger partial charge >= 0.3 is 0 Å². The molecule has 1 saturated carbocycles. The van der Waals surface area contributed by atoms with Gasteiger partial charge in [0.1, 0.15) is 0 Å². The van der Waals surface area contributed by atoms with Crippen LogP contribution in [-0.4, -0.2) is 27.0 Å². The molecule has 20 heavy (non-hydrogen) atoms. The molecule has 0 aromatic carbocycles. The van der Waals surface area contributed by atoms with Crippen LogP contribution < -0.4 is 5.32 Å². The van der Waals surface area contributed by atoms with Gasteiger partial charge in [0.15, 0.2) is 0 Å². The van der Waals surface area contributed by atoms with Gasteiger partial charge in [0, 0.05) is 25.3 Å². The van der Waals surface area contributed by atoms with E-state index in [9.17, 15) is 5.11 Å². The Morgan fingerprint density at radius 1 is 1.30 bits per heavy atom. The topological polar surface area (TPSA) is 50.1 Å². The summed E-state index contributed by atoms with van der Waals surface area (Å²) in [4.78, 5) is 0. The average molecular weight is 279 g/mol. The van der Waals surface area contributed by atoms with Crippen molar-refractivity contribution >= 4 is 0 Å². The molecular formula is C16H29N3O. The van der Waals surface area contributed by atoms with Crippen molar-refractivity contribution in [1.82, 2.24) is 15.1 Å². The van der Waals surface area contributed by atoms with Gasteiger partial charge < -0.3 is 10.4 Å². The highest BCUT2D eigenvalue weighted by Crippen LogP contribution is 2.39. The molecule has 114 valence electrons. The van der Waals surface area contributed by atoms with E-state index in [2.05, 4.69) is 38.1 Å². The third-order valence-corrected chi connectivity index (χ3v) is 4.49. The van der Waals surface area contributed by atoms with E-state index in [4.69, 9.17) is 0 Å². The van der Waals surface area contributed by atoms with E-state index in [1.54, 1.807) is 0 Å². The van der Waals surface area contributed by atoms with Crippen LogP contribution in [0.5, 0.6) is 0 Å². The maximum atomic E-state index is 10.6. The predicted octanol–water partition coefficient (Wildman–Crippen LogP) is 2.88. The zero-order valence-electron chi connectivity index (χ0n) is 13.3. The molecule has 0 atom stereocenters. The van der Waals surface area contributed by atoms with E-state index in [-0.39, 0.29) is 0 Å². The Morgan fingerprint density at radius 3 is 2.50 bits per heavy atom. The van der Waals surface area contributed by atoms with Gasteiger partial charge in [-0.15, -0.1) is 0 Å². The van der Waals surface area contributed by atoms with Crippen LogP contribution >= 0.6 is 0 Å². The molecule has 0 radical (unpaired) electrons. The Bertz CT molecular complexity index is 427. The fourth-order valence-corrected chi connectivity index (χ4v) is 2.75. The first-order valence-electron chi connectivity index (χ1n) is 7.77. The number of hydrogen-bond acceptors (Lipinski definition) is 3. The van der Waals surface area contributed by atoms with E-state index in [1.807, 2.05) is 16.9 Å². The number of nitrogens with one attached hydrogen (secondary N) is 1. The van der Waals surface area contributed by atoms with Crippen molar-refractivity contribution in [2.75, 3.05) is 6.54 Å². The first-order chi connectivity index (χ1) is 9.30. The minimum atomic E-state index is -0.532. The van der Waals surface area contributed by atoms with Gasteiger partial charge in [-0.05, 0) is 51.0 Å². The standard InChI is InChI=1S/C16H29N3O/c1-13(2)19-10-5-14(18-19)11-17-12-16(20)8-6-15(3,4)7-9-16/h5,10,13,17,20H,6-9,11-12H2,1-4H3. The summed E-state index contributed by atoms with van der Waals surface area (Å²) in [6, 6.07) is 2.44. The molecule has 1 fully saturated rings. The van der Waals surface area contributed by atoms with Crippen LogP contribution in [0.3, 0.4) is 0 Å². The maximum absolute atomic E-state index is 10.6. The normalized spacial score (nSPS) is 21.3. The van der Waals surface area contributed by atoms with Crippen LogP contribution in [0.25, 0.3) is 0 Å². The number of nitrogens with zero attached hydrogens (tertiary/aromatic N) is 2. The molecule has 1 aliphatic rings. The Kier molecular flexibility index (Phi) is 4.55. The first kappa shape index (κ1) is 15.5. The number of rotatable bonds is 5. The molecule has 2 rings (SSSR count). The van der Waals surface area contributed by atoms with Gasteiger partial charge in [-0.25, -0.2) is 0 Å². The van der Waals surface area contributed by atoms with Crippen molar-refractivity contribution in [3.05, 3.63) is 18.0 Å². The SMILES string of the molecule is CC(C)n1ccc(CNCC2(O)CCC(C)(C)CC2)n1. The molecule has 0 bridgehead atoms. The van der Waals surface area contributed by atoms with E-state index in [0.29, 0.717) is 18.0 Å². The molecule has 2 N–H and O–H groups in total. The second-order valence-electron chi connectivity index (χ2n) is 7.37. The number of aliphatic hydroxyl groups is 1. The fourth-order valence-electron chi connectivity index (χ4n) is 2.75. The molecule has 1 aliphatic carbocycles. The third-order valence-electron chi connectivity index (χ3n) is 4.49. The summed E-state index contributed by atoms with van der Waals surface area (Å²) in [6.07, 6.45) is 6.01. The highest BCUT2D eigenvalue weighted by molar-refractivity contribution is 5.00. The molecule has 0 unspecified atom stereocenters. The molecule has 1 heterocycles. The summed E-state index contributed by atoms with van der Waals surface area (Å²) in [5, 5.41) is 18.5. The molecule has 4 nitrogen and oxygen atoms in total. The largest absolute Gasteiger partial charge is 0.389 e. The maximum Gasteiger partial charge on any atom is 0.0772 e. The monoisotopic (exact) mass is 279 g/mol. The van der Waals surface area contributed by atoms with Crippen LogP contribution in [0.2, 0.25) is 0 Å². The van der Waals surface area contributed by atoms with Gasteiger partial charge in [-0.2, -0.15) is 5.10 Å². The minimum absolute atomic E-state index is 0.391. The Labute approximate surface area is 122 Å². The van der Waals surface area contributed by atoms with E-state index in [0.717, 1.165) is 37.9 Å². The van der Waals surface area contributed by atoms with E-state index < -0.39 is 5.60 Å². The van der Waals surface area contributed by atoms with Crippen molar-refractivity contribution in [3.63, 3.8) is 0 Å². The summed E-state index contributed by atoms with van der Waals surface area (Å²) in [7, 11) is 0. The summed E-state index contributed by atoms with van der Waals surface area (Å²) >= 11 is 0. The summed E-state index contributed by atoms with van der Waals surface area (Å²) in [6.45, 7) is 10.2. The van der Waals surface area contributed by atoms with Crippen LogP contribution in [0.4, 0.5) is 0 Å². The smallest absolute Gasteiger partial charge is 0.0772 e. The van der Waals surface area contributed by atoms with E-state index in [1.165, 1.54) is 0 Å². The highest BCUT2D eigenvalue weighted by Gasteiger charge is 2.36. The number of aromatic nitrogens is 2. The lowest BCUT2D eigenvalue weighted by molar-refractivity contribution is -0.0245. The van der Waals surface area contributed by atoms with Crippen molar-refractivity contribution in [2.24, 2.45) is 5.41 Å². The van der Waals surface area contributed by atoms with Crippen molar-refractivity contribution in [3.8, 4) is 0 Å². The number of hydrogen-bond donors (Lipinski definition) is 2. The van der Waals surface area contributed by atoms with Gasteiger partial charge in [-0.3, -0.25) is 4.68 Å². The van der Waals surface area contributed by atoms with Gasteiger partial charge in [0.2, 0.25) is 0 Å². The van der Waals surface area contributed by atoms with Crippen LogP contribution in [0, 0.1) is 5.41 Å². The van der Waals surface area contributed by atoms with Crippen molar-refractivity contribution in [2.45, 2.75) is 71.6 Å². The van der Waals surface area contributed by atoms with E-state index >= 15 is 0 Å². The molecule has 1 aromatic heterocycles. The molecule has 1 aromatic rings. The van der Waals surface area contributed by atoms with Crippen molar-refractivity contribution < 1.29 is 5.11 Å². The molecule has 0 spiro atoms. The molecule has 4 heteroatoms. The van der Waals surface area contributed by atoms with Gasteiger partial charge in [-0.1, -0.05) is 13.8 Å².